The Kier molecular flexibility index (Phi) is 10.2. The molecular weight excluding hydrogens is 566 g/mol. The molecule has 0 radical (unpaired) electrons. The molecule has 3 aliphatic rings. The third-order valence-electron chi connectivity index (χ3n) is 7.91. The van der Waals surface area contributed by atoms with Crippen LogP contribution in [0.25, 0.3) is 0 Å². The first kappa shape index (κ1) is 30.7. The Morgan fingerprint density at radius 3 is 2.73 bits per heavy atom. The summed E-state index contributed by atoms with van der Waals surface area (Å²) in [5.41, 5.74) is 2.74. The number of nitrogens with one attached hydrogen (secondary N) is 3. The maximum atomic E-state index is 13.2. The summed E-state index contributed by atoms with van der Waals surface area (Å²) in [6.07, 6.45) is 6.33. The molecule has 0 saturated carbocycles. The van der Waals surface area contributed by atoms with Crippen molar-refractivity contribution in [2.45, 2.75) is 57.2 Å². The molecule has 3 N–H and O–H groups in total. The first-order valence-electron chi connectivity index (χ1n) is 14.9. The minimum absolute atomic E-state index is 0.0302. The summed E-state index contributed by atoms with van der Waals surface area (Å²) < 4.78 is 23.3. The molecule has 2 aromatic carbocycles. The Bertz CT molecular complexity index is 1440. The molecule has 3 amide bonds. The van der Waals surface area contributed by atoms with E-state index in [9.17, 15) is 14.4 Å². The number of piperidine rings is 1. The molecule has 4 heterocycles. The van der Waals surface area contributed by atoms with E-state index in [1.165, 1.54) is 7.11 Å². The van der Waals surface area contributed by atoms with Crippen molar-refractivity contribution in [2.24, 2.45) is 0 Å². The predicted octanol–water partition coefficient (Wildman–Crippen LogP) is 2.56. The number of hydrogen-bond donors (Lipinski definition) is 3. The number of methoxy groups -OCH3 is 2. The minimum atomic E-state index is -0.474. The van der Waals surface area contributed by atoms with E-state index in [1.807, 2.05) is 24.4 Å². The van der Waals surface area contributed by atoms with Gasteiger partial charge in [-0.15, -0.1) is 0 Å². The first-order valence-corrected chi connectivity index (χ1v) is 14.9. The lowest BCUT2D eigenvalue weighted by atomic mass is 10.0. The van der Waals surface area contributed by atoms with Crippen LogP contribution in [-0.4, -0.2) is 78.9 Å². The number of rotatable bonds is 6. The molecule has 3 aliphatic heterocycles. The number of hydrogen-bond acceptors (Lipinski definition) is 8. The van der Waals surface area contributed by atoms with Gasteiger partial charge < -0.3 is 34.5 Å². The molecule has 1 saturated heterocycles. The van der Waals surface area contributed by atoms with Crippen LogP contribution in [0.2, 0.25) is 0 Å². The fourth-order valence-electron chi connectivity index (χ4n) is 5.49. The zero-order chi connectivity index (χ0) is 30.9. The zero-order valence-electron chi connectivity index (χ0n) is 25.1. The van der Waals surface area contributed by atoms with E-state index >= 15 is 0 Å². The Morgan fingerprint density at radius 1 is 1.07 bits per heavy atom. The largest absolute Gasteiger partial charge is 0.496 e. The molecule has 0 spiro atoms. The van der Waals surface area contributed by atoms with Gasteiger partial charge in [0.25, 0.3) is 5.91 Å². The second-order valence-electron chi connectivity index (χ2n) is 10.9. The van der Waals surface area contributed by atoms with E-state index in [0.717, 1.165) is 23.1 Å². The van der Waals surface area contributed by atoms with Crippen molar-refractivity contribution in [3.8, 4) is 23.0 Å². The van der Waals surface area contributed by atoms with Crippen molar-refractivity contribution in [2.75, 3.05) is 33.9 Å². The third kappa shape index (κ3) is 8.00. The lowest BCUT2D eigenvalue weighted by Gasteiger charge is -2.39. The van der Waals surface area contributed by atoms with Gasteiger partial charge in [0.1, 0.15) is 17.6 Å². The smallest absolute Gasteiger partial charge is 0.258 e. The van der Waals surface area contributed by atoms with E-state index in [4.69, 9.17) is 18.9 Å². The molecule has 4 bridgehead atoms. The molecule has 2 atom stereocenters. The summed E-state index contributed by atoms with van der Waals surface area (Å²) >= 11 is 0. The first-order chi connectivity index (χ1) is 21.4. The number of ether oxygens (including phenoxy) is 4. The van der Waals surface area contributed by atoms with Crippen molar-refractivity contribution in [3.63, 3.8) is 0 Å². The van der Waals surface area contributed by atoms with Gasteiger partial charge in [0.2, 0.25) is 11.8 Å². The maximum Gasteiger partial charge on any atom is 0.258 e. The van der Waals surface area contributed by atoms with Gasteiger partial charge in [-0.25, -0.2) is 0 Å². The van der Waals surface area contributed by atoms with Crippen LogP contribution in [0.3, 0.4) is 0 Å². The van der Waals surface area contributed by atoms with Gasteiger partial charge in [-0.2, -0.15) is 5.10 Å². The summed E-state index contributed by atoms with van der Waals surface area (Å²) in [6.45, 7) is 0.855. The van der Waals surface area contributed by atoms with E-state index in [-0.39, 0.29) is 30.7 Å². The number of aromatic amines is 1. The maximum absolute atomic E-state index is 13.2. The summed E-state index contributed by atoms with van der Waals surface area (Å²) in [5, 5.41) is 12.7. The van der Waals surface area contributed by atoms with Crippen LogP contribution in [0.5, 0.6) is 23.0 Å². The Balaban J connectivity index is 1.34. The van der Waals surface area contributed by atoms with Crippen LogP contribution in [0.15, 0.2) is 48.8 Å². The lowest BCUT2D eigenvalue weighted by Crippen LogP contribution is -2.58. The van der Waals surface area contributed by atoms with Crippen molar-refractivity contribution in [1.82, 2.24) is 25.7 Å². The van der Waals surface area contributed by atoms with Crippen molar-refractivity contribution in [3.05, 3.63) is 65.5 Å². The van der Waals surface area contributed by atoms with E-state index < -0.39 is 12.1 Å². The molecule has 1 fully saturated rings. The highest BCUT2D eigenvalue weighted by molar-refractivity contribution is 5.79. The number of carbonyl (C=O) groups excluding carboxylic acids is 3. The average molecular weight is 606 g/mol. The van der Waals surface area contributed by atoms with E-state index in [1.54, 1.807) is 36.4 Å². The van der Waals surface area contributed by atoms with Crippen LogP contribution in [0.4, 0.5) is 0 Å². The van der Waals surface area contributed by atoms with Crippen molar-refractivity contribution in [1.29, 1.82) is 0 Å². The summed E-state index contributed by atoms with van der Waals surface area (Å²) in [7, 11) is 3.10. The molecule has 0 aliphatic carbocycles. The highest BCUT2D eigenvalue weighted by Crippen LogP contribution is 2.30. The van der Waals surface area contributed by atoms with E-state index in [0.29, 0.717) is 68.3 Å². The monoisotopic (exact) mass is 605 g/mol. The van der Waals surface area contributed by atoms with Crippen LogP contribution in [0, 0.1) is 0 Å². The molecule has 44 heavy (non-hydrogen) atoms. The number of amides is 3. The number of likely N-dealkylation sites (tertiary alicyclic amines) is 1. The number of benzene rings is 2. The van der Waals surface area contributed by atoms with Gasteiger partial charge in [0, 0.05) is 56.7 Å². The van der Waals surface area contributed by atoms with Crippen LogP contribution in [0.1, 0.15) is 42.4 Å². The van der Waals surface area contributed by atoms with Crippen molar-refractivity contribution < 1.29 is 33.3 Å². The molecular formula is C32H39N5O7. The van der Waals surface area contributed by atoms with Crippen LogP contribution >= 0.6 is 0 Å². The Hall–Kier alpha value is -4.74. The van der Waals surface area contributed by atoms with Gasteiger partial charge in [-0.05, 0) is 54.7 Å². The number of nitrogens with zero attached hydrogens (tertiary/aromatic N) is 2. The van der Waals surface area contributed by atoms with Crippen LogP contribution < -0.4 is 29.6 Å². The SMILES string of the molecule is COc1cc2ccc1CNC(=O)CCc1ccc(OC)c(c1)OCC(=O)N[C@@H]1CN(C(=O)CCCc3cn[nH]c3)CC[C@@H]1O2. The van der Waals surface area contributed by atoms with Gasteiger partial charge in [-0.1, -0.05) is 6.07 Å². The third-order valence-corrected chi connectivity index (χ3v) is 7.91. The second-order valence-corrected chi connectivity index (χ2v) is 10.9. The lowest BCUT2D eigenvalue weighted by molar-refractivity contribution is -0.135. The molecule has 234 valence electrons. The van der Waals surface area contributed by atoms with Gasteiger partial charge in [0.05, 0.1) is 26.5 Å². The fraction of sp³-hybridized carbons (Fsp3) is 0.438. The number of aryl methyl sites for hydroxylation is 2. The Morgan fingerprint density at radius 2 is 1.93 bits per heavy atom. The van der Waals surface area contributed by atoms with E-state index in [2.05, 4.69) is 20.8 Å². The Labute approximate surface area is 256 Å². The van der Waals surface area contributed by atoms with Gasteiger partial charge >= 0.3 is 0 Å². The van der Waals surface area contributed by atoms with Gasteiger partial charge in [0.15, 0.2) is 18.1 Å². The quantitative estimate of drug-likeness (QED) is 0.389. The normalized spacial score (nSPS) is 19.2. The number of fused-ring (bicyclic) bond motifs is 9. The zero-order valence-corrected chi connectivity index (χ0v) is 25.1. The second kappa shape index (κ2) is 14.6. The number of aromatic nitrogens is 2. The number of H-pyrrole nitrogens is 1. The number of carbonyl (C=O) groups is 3. The summed E-state index contributed by atoms with van der Waals surface area (Å²) in [5.74, 6) is 1.62. The molecule has 0 unspecified atom stereocenters. The van der Waals surface area contributed by atoms with Crippen LogP contribution in [-0.2, 0) is 33.8 Å². The topological polar surface area (TPSA) is 144 Å². The molecule has 3 aromatic rings. The molecule has 12 heteroatoms. The highest BCUT2D eigenvalue weighted by atomic mass is 16.5. The van der Waals surface area contributed by atoms with Gasteiger partial charge in [-0.3, -0.25) is 19.5 Å². The fourth-order valence-corrected chi connectivity index (χ4v) is 5.49. The molecule has 12 nitrogen and oxygen atoms in total. The standard InChI is InChI=1S/C32H39N5O7/c1-41-27-10-6-21-7-11-30(38)33-18-23-8-9-24(15-28(23)42-2)44-26-12-13-37(32(40)5-3-4-22-16-34-35-17-22)19-25(26)36-31(39)20-43-29(27)14-21/h6,8-10,14-17,25-26H,3-5,7,11-13,18-20H2,1-2H3,(H,33,38)(H,34,35)(H,36,39)/t25-,26+/m1/s1. The predicted molar refractivity (Wildman–Crippen MR) is 161 cm³/mol. The summed E-state index contributed by atoms with van der Waals surface area (Å²) in [6, 6.07) is 10.4. The minimum Gasteiger partial charge on any atom is -0.496 e. The molecule has 6 rings (SSSR count). The van der Waals surface area contributed by atoms with Crippen molar-refractivity contribution >= 4 is 17.7 Å². The summed E-state index contributed by atoms with van der Waals surface area (Å²) in [4.78, 5) is 40.7. The molecule has 1 aromatic heterocycles. The average Bonchev–Trinajstić information content (AvgIpc) is 3.56. The highest BCUT2D eigenvalue weighted by Gasteiger charge is 2.34.